The van der Waals surface area contributed by atoms with Crippen LogP contribution in [-0.4, -0.2) is 18.4 Å². The molecule has 3 nitrogen and oxygen atoms in total. The summed E-state index contributed by atoms with van der Waals surface area (Å²) in [5.41, 5.74) is -0.164. The molecule has 0 saturated carbocycles. The number of pyridine rings is 1. The number of alkyl halides is 3. The molecule has 0 N–H and O–H groups in total. The molecule has 104 valence electrons. The van der Waals surface area contributed by atoms with Gasteiger partial charge in [-0.1, -0.05) is 6.07 Å². The lowest BCUT2D eigenvalue weighted by molar-refractivity contribution is -0.141. The Bertz CT molecular complexity index is 639. The van der Waals surface area contributed by atoms with Gasteiger partial charge in [-0.2, -0.15) is 13.2 Å². The van der Waals surface area contributed by atoms with Gasteiger partial charge in [0.05, 0.1) is 12.8 Å². The normalized spacial score (nSPS) is 11.2. The fraction of sp³-hybridized carbons (Fsp3) is 0.143. The molecule has 0 radical (unpaired) electrons. The van der Waals surface area contributed by atoms with Gasteiger partial charge in [0.1, 0.15) is 17.7 Å². The minimum absolute atomic E-state index is 0.127. The van der Waals surface area contributed by atoms with Crippen LogP contribution in [0.3, 0.4) is 0 Å². The summed E-state index contributed by atoms with van der Waals surface area (Å²) in [7, 11) is 1.41. The van der Waals surface area contributed by atoms with Gasteiger partial charge in [-0.3, -0.25) is 4.79 Å². The zero-order valence-electron chi connectivity index (χ0n) is 10.4. The largest absolute Gasteiger partial charge is 0.497 e. The van der Waals surface area contributed by atoms with Crippen LogP contribution in [-0.2, 0) is 6.18 Å². The number of methoxy groups -OCH3 is 1. The van der Waals surface area contributed by atoms with Crippen LogP contribution in [0.15, 0.2) is 36.4 Å². The number of nitrogens with zero attached hydrogens (tertiary/aromatic N) is 1. The number of hydrogen-bond acceptors (Lipinski definition) is 3. The second kappa shape index (κ2) is 5.32. The van der Waals surface area contributed by atoms with Crippen molar-refractivity contribution in [3.05, 3.63) is 47.7 Å². The van der Waals surface area contributed by atoms with E-state index in [2.05, 4.69) is 4.98 Å². The number of aromatic nitrogens is 1. The number of ether oxygens (including phenoxy) is 1. The second-order valence-corrected chi connectivity index (χ2v) is 4.02. The Morgan fingerprint density at radius 3 is 2.55 bits per heavy atom. The number of rotatable bonds is 3. The van der Waals surface area contributed by atoms with Gasteiger partial charge >= 0.3 is 6.18 Å². The SMILES string of the molecule is COc1cc(C=O)cc(-c2cccc(C(F)(F)F)n2)c1. The Kier molecular flexibility index (Phi) is 3.74. The highest BCUT2D eigenvalue weighted by Gasteiger charge is 2.32. The van der Waals surface area contributed by atoms with Crippen LogP contribution in [0.4, 0.5) is 13.2 Å². The van der Waals surface area contributed by atoms with E-state index >= 15 is 0 Å². The van der Waals surface area contributed by atoms with Crippen LogP contribution in [0, 0.1) is 0 Å². The summed E-state index contributed by atoms with van der Waals surface area (Å²) in [6.45, 7) is 0. The van der Waals surface area contributed by atoms with Crippen molar-refractivity contribution in [1.82, 2.24) is 4.98 Å². The van der Waals surface area contributed by atoms with Crippen molar-refractivity contribution in [3.63, 3.8) is 0 Å². The summed E-state index contributed by atoms with van der Waals surface area (Å²) in [4.78, 5) is 14.4. The van der Waals surface area contributed by atoms with E-state index in [1.54, 1.807) is 0 Å². The Morgan fingerprint density at radius 2 is 1.95 bits per heavy atom. The van der Waals surface area contributed by atoms with Crippen molar-refractivity contribution in [2.45, 2.75) is 6.18 Å². The van der Waals surface area contributed by atoms with E-state index in [-0.39, 0.29) is 5.69 Å². The van der Waals surface area contributed by atoms with Crippen molar-refractivity contribution in [2.24, 2.45) is 0 Å². The number of halogens is 3. The Hall–Kier alpha value is -2.37. The van der Waals surface area contributed by atoms with Crippen molar-refractivity contribution < 1.29 is 22.7 Å². The monoisotopic (exact) mass is 281 g/mol. The highest BCUT2D eigenvalue weighted by atomic mass is 19.4. The number of benzene rings is 1. The van der Waals surface area contributed by atoms with Crippen LogP contribution in [0.25, 0.3) is 11.3 Å². The number of carbonyl (C=O) groups is 1. The third kappa shape index (κ3) is 2.96. The average molecular weight is 281 g/mol. The van der Waals surface area contributed by atoms with Gasteiger partial charge in [-0.05, 0) is 30.3 Å². The third-order valence-corrected chi connectivity index (χ3v) is 2.64. The number of carbonyl (C=O) groups excluding carboxylic acids is 1. The quantitative estimate of drug-likeness (QED) is 0.807. The predicted octanol–water partition coefficient (Wildman–Crippen LogP) is 3.59. The summed E-state index contributed by atoms with van der Waals surface area (Å²) >= 11 is 0. The summed E-state index contributed by atoms with van der Waals surface area (Å²) < 4.78 is 42.9. The van der Waals surface area contributed by atoms with E-state index in [1.165, 1.54) is 37.4 Å². The minimum Gasteiger partial charge on any atom is -0.497 e. The molecule has 0 unspecified atom stereocenters. The van der Waals surface area contributed by atoms with Crippen LogP contribution in [0.1, 0.15) is 16.1 Å². The standard InChI is InChI=1S/C14H10F3NO2/c1-20-11-6-9(8-19)5-10(7-11)12-3-2-4-13(18-12)14(15,16)17/h2-8H,1H3. The maximum Gasteiger partial charge on any atom is 0.433 e. The molecule has 2 rings (SSSR count). The topological polar surface area (TPSA) is 39.2 Å². The first-order chi connectivity index (χ1) is 9.44. The maximum atomic E-state index is 12.6. The second-order valence-electron chi connectivity index (χ2n) is 4.02. The molecule has 1 heterocycles. The number of hydrogen-bond donors (Lipinski definition) is 0. The lowest BCUT2D eigenvalue weighted by Gasteiger charge is -2.09. The van der Waals surface area contributed by atoms with E-state index in [0.29, 0.717) is 23.2 Å². The molecule has 0 atom stereocenters. The molecule has 0 spiro atoms. The molecule has 1 aromatic carbocycles. The molecule has 0 aliphatic carbocycles. The highest BCUT2D eigenvalue weighted by Crippen LogP contribution is 2.30. The Labute approximate surface area is 113 Å². The Morgan fingerprint density at radius 1 is 1.20 bits per heavy atom. The molecule has 20 heavy (non-hydrogen) atoms. The molecule has 6 heteroatoms. The van der Waals surface area contributed by atoms with Crippen molar-refractivity contribution in [3.8, 4) is 17.0 Å². The van der Waals surface area contributed by atoms with Crippen LogP contribution < -0.4 is 4.74 Å². The molecular formula is C14H10F3NO2. The number of aldehydes is 1. The van der Waals surface area contributed by atoms with Gasteiger partial charge in [-0.25, -0.2) is 4.98 Å². The van der Waals surface area contributed by atoms with E-state index in [0.717, 1.165) is 6.07 Å². The minimum atomic E-state index is -4.51. The fourth-order valence-electron chi connectivity index (χ4n) is 1.71. The van der Waals surface area contributed by atoms with Crippen molar-refractivity contribution >= 4 is 6.29 Å². The van der Waals surface area contributed by atoms with Gasteiger partial charge in [-0.15, -0.1) is 0 Å². The van der Waals surface area contributed by atoms with Gasteiger partial charge in [0.2, 0.25) is 0 Å². The molecule has 0 aliphatic heterocycles. The maximum absolute atomic E-state index is 12.6. The van der Waals surface area contributed by atoms with Crippen LogP contribution in [0.2, 0.25) is 0 Å². The summed E-state index contributed by atoms with van der Waals surface area (Å²) in [6.07, 6.45) is -3.91. The zero-order chi connectivity index (χ0) is 14.8. The van der Waals surface area contributed by atoms with Gasteiger partial charge in [0.25, 0.3) is 0 Å². The third-order valence-electron chi connectivity index (χ3n) is 2.64. The first-order valence-corrected chi connectivity index (χ1v) is 5.63. The Balaban J connectivity index is 2.53. The van der Waals surface area contributed by atoms with Gasteiger partial charge in [0, 0.05) is 11.1 Å². The lowest BCUT2D eigenvalue weighted by atomic mass is 10.1. The first-order valence-electron chi connectivity index (χ1n) is 5.63. The van der Waals surface area contributed by atoms with Crippen LogP contribution >= 0.6 is 0 Å². The molecule has 0 amide bonds. The average Bonchev–Trinajstić information content (AvgIpc) is 2.46. The summed E-state index contributed by atoms with van der Waals surface area (Å²) in [5, 5.41) is 0. The molecule has 0 aliphatic rings. The zero-order valence-corrected chi connectivity index (χ0v) is 10.4. The van der Waals surface area contributed by atoms with E-state index < -0.39 is 11.9 Å². The first kappa shape index (κ1) is 14.0. The predicted molar refractivity (Wildman–Crippen MR) is 66.6 cm³/mol. The molecule has 0 saturated heterocycles. The van der Waals surface area contributed by atoms with E-state index in [1.807, 2.05) is 0 Å². The van der Waals surface area contributed by atoms with Crippen molar-refractivity contribution in [1.29, 1.82) is 0 Å². The molecular weight excluding hydrogens is 271 g/mol. The molecule has 1 aromatic heterocycles. The van der Waals surface area contributed by atoms with Crippen molar-refractivity contribution in [2.75, 3.05) is 7.11 Å². The van der Waals surface area contributed by atoms with Gasteiger partial charge in [0.15, 0.2) is 0 Å². The van der Waals surface area contributed by atoms with Gasteiger partial charge < -0.3 is 4.74 Å². The molecule has 0 bridgehead atoms. The van der Waals surface area contributed by atoms with Crippen LogP contribution in [0.5, 0.6) is 5.75 Å². The fourth-order valence-corrected chi connectivity index (χ4v) is 1.71. The summed E-state index contributed by atoms with van der Waals surface area (Å²) in [5.74, 6) is 0.379. The molecule has 2 aromatic rings. The lowest BCUT2D eigenvalue weighted by Crippen LogP contribution is -2.08. The summed E-state index contributed by atoms with van der Waals surface area (Å²) in [6, 6.07) is 8.08. The molecule has 0 fully saturated rings. The highest BCUT2D eigenvalue weighted by molar-refractivity contribution is 5.79. The van der Waals surface area contributed by atoms with E-state index in [4.69, 9.17) is 4.74 Å². The van der Waals surface area contributed by atoms with E-state index in [9.17, 15) is 18.0 Å². The smallest absolute Gasteiger partial charge is 0.433 e.